The van der Waals surface area contributed by atoms with Crippen LogP contribution in [0.25, 0.3) is 10.8 Å². The number of rotatable bonds is 5. The van der Waals surface area contributed by atoms with Crippen molar-refractivity contribution in [3.8, 4) is 5.75 Å². The largest absolute Gasteiger partial charge is 0.493 e. The van der Waals surface area contributed by atoms with Crippen LogP contribution < -0.4 is 9.64 Å². The summed E-state index contributed by atoms with van der Waals surface area (Å²) in [6.45, 7) is 1.55. The van der Waals surface area contributed by atoms with Gasteiger partial charge in [0.05, 0.1) is 35.6 Å². The van der Waals surface area contributed by atoms with Gasteiger partial charge in [0.15, 0.2) is 0 Å². The number of amides is 1. The summed E-state index contributed by atoms with van der Waals surface area (Å²) in [6.07, 6.45) is 0.604. The molecule has 0 atom stereocenters. The van der Waals surface area contributed by atoms with E-state index >= 15 is 0 Å². The summed E-state index contributed by atoms with van der Waals surface area (Å²) >= 11 is 12.7. The van der Waals surface area contributed by atoms with E-state index in [2.05, 4.69) is 12.1 Å². The summed E-state index contributed by atoms with van der Waals surface area (Å²) in [5.74, 6) is -0.870. The van der Waals surface area contributed by atoms with Gasteiger partial charge in [-0.15, -0.1) is 0 Å². The number of hydrogen-bond donors (Lipinski definition) is 0. The molecule has 30 heavy (non-hydrogen) atoms. The highest BCUT2D eigenvalue weighted by atomic mass is 35.5. The number of benzene rings is 3. The molecule has 3 aromatic rings. The van der Waals surface area contributed by atoms with Crippen LogP contribution in [0.2, 0.25) is 10.0 Å². The highest BCUT2D eigenvalue weighted by molar-refractivity contribution is 6.44. The molecular formula is C23H19Cl2NO4. The molecule has 0 radical (unpaired) electrons. The number of ether oxygens (including phenoxy) is 3. The van der Waals surface area contributed by atoms with Crippen LogP contribution in [0, 0.1) is 0 Å². The van der Waals surface area contributed by atoms with Crippen molar-refractivity contribution < 1.29 is 19.0 Å². The minimum Gasteiger partial charge on any atom is -0.493 e. The number of hydrogen-bond acceptors (Lipinski definition) is 4. The van der Waals surface area contributed by atoms with Crippen molar-refractivity contribution in [1.82, 2.24) is 0 Å². The molecule has 1 amide bonds. The molecule has 7 heteroatoms. The maximum atomic E-state index is 13.2. The van der Waals surface area contributed by atoms with Crippen LogP contribution in [-0.4, -0.2) is 32.3 Å². The van der Waals surface area contributed by atoms with Gasteiger partial charge in [-0.3, -0.25) is 4.79 Å². The zero-order valence-corrected chi connectivity index (χ0v) is 17.6. The van der Waals surface area contributed by atoms with Gasteiger partial charge >= 0.3 is 0 Å². The summed E-state index contributed by atoms with van der Waals surface area (Å²) in [6, 6.07) is 17.5. The van der Waals surface area contributed by atoms with E-state index in [4.69, 9.17) is 37.4 Å². The summed E-state index contributed by atoms with van der Waals surface area (Å²) in [4.78, 5) is 14.8. The fraction of sp³-hybridized carbons (Fsp3) is 0.261. The number of nitrogens with zero attached hydrogens (tertiary/aromatic N) is 1. The second-order valence-corrected chi connectivity index (χ2v) is 7.99. The molecule has 2 aliphatic heterocycles. The highest BCUT2D eigenvalue weighted by Gasteiger charge is 2.56. The van der Waals surface area contributed by atoms with Gasteiger partial charge in [-0.05, 0) is 30.0 Å². The Hall–Kier alpha value is -2.31. The zero-order valence-electron chi connectivity index (χ0n) is 16.1. The lowest BCUT2D eigenvalue weighted by molar-refractivity contribution is -0.180. The van der Waals surface area contributed by atoms with Crippen LogP contribution in [0.15, 0.2) is 54.6 Å². The van der Waals surface area contributed by atoms with Crippen molar-refractivity contribution in [1.29, 1.82) is 0 Å². The van der Waals surface area contributed by atoms with Crippen LogP contribution in [0.5, 0.6) is 5.75 Å². The Bertz CT molecular complexity index is 1120. The predicted molar refractivity (Wildman–Crippen MR) is 116 cm³/mol. The van der Waals surface area contributed by atoms with E-state index in [-0.39, 0.29) is 5.91 Å². The van der Waals surface area contributed by atoms with Crippen LogP contribution >= 0.6 is 23.2 Å². The summed E-state index contributed by atoms with van der Waals surface area (Å²) in [5.41, 5.74) is 1.16. The summed E-state index contributed by atoms with van der Waals surface area (Å²) in [7, 11) is 0. The SMILES string of the molecule is O=C1N(CCCOc2cccc3ccccc23)c2c(ccc(Cl)c2Cl)C12OCCO2. The Balaban J connectivity index is 1.34. The van der Waals surface area contributed by atoms with Crippen LogP contribution in [0.4, 0.5) is 5.69 Å². The van der Waals surface area contributed by atoms with Crippen molar-refractivity contribution >= 4 is 45.6 Å². The number of carbonyl (C=O) groups excluding carboxylic acids is 1. The molecular weight excluding hydrogens is 425 g/mol. The molecule has 0 N–H and O–H groups in total. The first kappa shape index (κ1) is 19.6. The van der Waals surface area contributed by atoms with Gasteiger partial charge in [0.25, 0.3) is 11.7 Å². The Morgan fingerprint density at radius 3 is 2.60 bits per heavy atom. The first-order chi connectivity index (χ1) is 14.6. The quantitative estimate of drug-likeness (QED) is 0.510. The van der Waals surface area contributed by atoms with Crippen molar-refractivity contribution in [3.63, 3.8) is 0 Å². The monoisotopic (exact) mass is 443 g/mol. The van der Waals surface area contributed by atoms with E-state index in [0.717, 1.165) is 16.5 Å². The second kappa shape index (κ2) is 7.75. The minimum atomic E-state index is -1.42. The fourth-order valence-corrected chi connectivity index (χ4v) is 4.51. The molecule has 2 aliphatic rings. The van der Waals surface area contributed by atoms with Crippen LogP contribution in [0.1, 0.15) is 12.0 Å². The van der Waals surface area contributed by atoms with Crippen LogP contribution in [-0.2, 0) is 20.1 Å². The molecule has 1 saturated heterocycles. The van der Waals surface area contributed by atoms with Gasteiger partial charge < -0.3 is 19.1 Å². The Morgan fingerprint density at radius 1 is 1.00 bits per heavy atom. The van der Waals surface area contributed by atoms with Gasteiger partial charge in [0, 0.05) is 17.5 Å². The second-order valence-electron chi connectivity index (χ2n) is 7.21. The third-order valence-electron chi connectivity index (χ3n) is 5.45. The molecule has 0 bridgehead atoms. The van der Waals surface area contributed by atoms with Gasteiger partial charge in [0.1, 0.15) is 5.75 Å². The normalized spacial score (nSPS) is 17.1. The van der Waals surface area contributed by atoms with Gasteiger partial charge in [-0.2, -0.15) is 0 Å². The van der Waals surface area contributed by atoms with Crippen molar-refractivity contribution in [2.24, 2.45) is 0 Å². The molecule has 0 saturated carbocycles. The zero-order chi connectivity index (χ0) is 20.7. The lowest BCUT2D eigenvalue weighted by atomic mass is 10.1. The van der Waals surface area contributed by atoms with E-state index in [1.165, 1.54) is 0 Å². The standard InChI is InChI=1S/C23H19Cl2NO4/c24-18-10-9-17-21(20(18)25)26(22(27)23(17)29-13-14-30-23)11-4-12-28-19-8-3-6-15-5-1-2-7-16(15)19/h1-3,5-10H,4,11-14H2. The van der Waals surface area contributed by atoms with Gasteiger partial charge in [0.2, 0.25) is 0 Å². The third kappa shape index (κ3) is 3.05. The number of carbonyl (C=O) groups is 1. The van der Waals surface area contributed by atoms with Gasteiger partial charge in [-0.25, -0.2) is 0 Å². The molecule has 0 aliphatic carbocycles. The molecule has 154 valence electrons. The van der Waals surface area contributed by atoms with E-state index < -0.39 is 5.79 Å². The summed E-state index contributed by atoms with van der Waals surface area (Å²) < 4.78 is 17.5. The van der Waals surface area contributed by atoms with Crippen molar-refractivity contribution in [2.75, 3.05) is 31.3 Å². The first-order valence-electron chi connectivity index (χ1n) is 9.81. The third-order valence-corrected chi connectivity index (χ3v) is 6.24. The highest BCUT2D eigenvalue weighted by Crippen LogP contribution is 2.50. The Morgan fingerprint density at radius 2 is 1.77 bits per heavy atom. The van der Waals surface area contributed by atoms with E-state index in [1.54, 1.807) is 17.0 Å². The smallest absolute Gasteiger partial charge is 0.292 e. The molecule has 5 nitrogen and oxygen atoms in total. The maximum Gasteiger partial charge on any atom is 0.292 e. The molecule has 1 spiro atoms. The van der Waals surface area contributed by atoms with Crippen molar-refractivity contribution in [3.05, 3.63) is 70.2 Å². The van der Waals surface area contributed by atoms with Crippen LogP contribution in [0.3, 0.4) is 0 Å². The lowest BCUT2D eigenvalue weighted by Gasteiger charge is -2.22. The van der Waals surface area contributed by atoms with Gasteiger partial charge in [-0.1, -0.05) is 59.6 Å². The number of fused-ring (bicyclic) bond motifs is 3. The lowest BCUT2D eigenvalue weighted by Crippen LogP contribution is -2.41. The molecule has 0 unspecified atom stereocenters. The predicted octanol–water partition coefficient (Wildman–Crippen LogP) is 5.16. The van der Waals surface area contributed by atoms with Crippen molar-refractivity contribution in [2.45, 2.75) is 12.2 Å². The van der Waals surface area contributed by atoms with E-state index in [9.17, 15) is 4.79 Å². The minimum absolute atomic E-state index is 0.274. The van der Waals surface area contributed by atoms with E-state index in [0.29, 0.717) is 54.1 Å². The molecule has 3 aromatic carbocycles. The molecule has 1 fully saturated rings. The first-order valence-corrected chi connectivity index (χ1v) is 10.6. The Labute approximate surface area is 184 Å². The molecule has 0 aromatic heterocycles. The number of halogens is 2. The Kier molecular flexibility index (Phi) is 5.07. The molecule has 5 rings (SSSR count). The molecule has 2 heterocycles. The average Bonchev–Trinajstić information content (AvgIpc) is 3.34. The topological polar surface area (TPSA) is 48.0 Å². The maximum absolute atomic E-state index is 13.2. The summed E-state index contributed by atoms with van der Waals surface area (Å²) in [5, 5.41) is 2.89. The number of anilines is 1. The average molecular weight is 444 g/mol. The van der Waals surface area contributed by atoms with E-state index in [1.807, 2.05) is 30.3 Å². The fourth-order valence-electron chi connectivity index (χ4n) is 4.09.